The fourth-order valence-corrected chi connectivity index (χ4v) is 1.95. The van der Waals surface area contributed by atoms with Crippen LogP contribution in [0.3, 0.4) is 0 Å². The first-order valence-corrected chi connectivity index (χ1v) is 7.33. The van der Waals surface area contributed by atoms with Gasteiger partial charge in [-0.1, -0.05) is 0 Å². The van der Waals surface area contributed by atoms with Crippen LogP contribution in [-0.4, -0.2) is 49.2 Å². The SMILES string of the molecule is CCOCCNCCn1ncc(N(CC)CC)cc1=O. The molecular weight excluding hydrogens is 256 g/mol. The van der Waals surface area contributed by atoms with Gasteiger partial charge in [-0.05, 0) is 20.8 Å². The number of hydrogen-bond acceptors (Lipinski definition) is 5. The Morgan fingerprint density at radius 2 is 2.05 bits per heavy atom. The normalized spacial score (nSPS) is 10.8. The molecule has 0 unspecified atom stereocenters. The first-order valence-electron chi connectivity index (χ1n) is 7.33. The summed E-state index contributed by atoms with van der Waals surface area (Å²) < 4.78 is 6.71. The Kier molecular flexibility index (Phi) is 7.91. The molecule has 0 amide bonds. The van der Waals surface area contributed by atoms with Crippen LogP contribution in [0, 0.1) is 0 Å². The van der Waals surface area contributed by atoms with E-state index in [1.54, 1.807) is 12.3 Å². The molecule has 0 saturated heterocycles. The number of aromatic nitrogens is 2. The molecule has 1 rings (SSSR count). The van der Waals surface area contributed by atoms with Gasteiger partial charge in [0.05, 0.1) is 25.0 Å². The van der Waals surface area contributed by atoms with Crippen LogP contribution in [0.4, 0.5) is 5.69 Å². The second-order valence-corrected chi connectivity index (χ2v) is 4.39. The lowest BCUT2D eigenvalue weighted by Crippen LogP contribution is -2.31. The molecule has 6 nitrogen and oxygen atoms in total. The van der Waals surface area contributed by atoms with Crippen LogP contribution in [0.2, 0.25) is 0 Å². The highest BCUT2D eigenvalue weighted by atomic mass is 16.5. The molecule has 0 aliphatic heterocycles. The van der Waals surface area contributed by atoms with Gasteiger partial charge in [0.25, 0.3) is 5.56 Å². The molecule has 1 aromatic rings. The van der Waals surface area contributed by atoms with Crippen LogP contribution >= 0.6 is 0 Å². The summed E-state index contributed by atoms with van der Waals surface area (Å²) in [6.07, 6.45) is 1.76. The van der Waals surface area contributed by atoms with Gasteiger partial charge < -0.3 is 15.0 Å². The lowest BCUT2D eigenvalue weighted by molar-refractivity contribution is 0.149. The van der Waals surface area contributed by atoms with Gasteiger partial charge in [0.15, 0.2) is 0 Å². The lowest BCUT2D eigenvalue weighted by Gasteiger charge is -2.20. The maximum atomic E-state index is 12.0. The molecule has 114 valence electrons. The first-order chi connectivity index (χ1) is 9.72. The highest BCUT2D eigenvalue weighted by Crippen LogP contribution is 2.07. The molecule has 0 aliphatic carbocycles. The van der Waals surface area contributed by atoms with E-state index in [-0.39, 0.29) is 5.56 Å². The summed E-state index contributed by atoms with van der Waals surface area (Å²) in [7, 11) is 0. The molecule has 0 saturated carbocycles. The van der Waals surface area contributed by atoms with E-state index < -0.39 is 0 Å². The van der Waals surface area contributed by atoms with E-state index in [2.05, 4.69) is 29.2 Å². The monoisotopic (exact) mass is 282 g/mol. The summed E-state index contributed by atoms with van der Waals surface area (Å²) in [6.45, 7) is 11.4. The van der Waals surface area contributed by atoms with Gasteiger partial charge in [0.2, 0.25) is 0 Å². The van der Waals surface area contributed by atoms with Crippen LogP contribution in [0.25, 0.3) is 0 Å². The predicted octanol–water partition coefficient (Wildman–Crippen LogP) is 0.716. The third-order valence-electron chi connectivity index (χ3n) is 3.11. The molecule has 0 aromatic carbocycles. The summed E-state index contributed by atoms with van der Waals surface area (Å²) >= 11 is 0. The van der Waals surface area contributed by atoms with Gasteiger partial charge in [0.1, 0.15) is 0 Å². The Hall–Kier alpha value is -1.40. The zero-order valence-electron chi connectivity index (χ0n) is 12.8. The second-order valence-electron chi connectivity index (χ2n) is 4.39. The summed E-state index contributed by atoms with van der Waals surface area (Å²) in [5.41, 5.74) is 0.835. The predicted molar refractivity (Wildman–Crippen MR) is 81.4 cm³/mol. The summed E-state index contributed by atoms with van der Waals surface area (Å²) in [4.78, 5) is 14.1. The topological polar surface area (TPSA) is 59.4 Å². The van der Waals surface area contributed by atoms with E-state index in [4.69, 9.17) is 4.74 Å². The fraction of sp³-hybridized carbons (Fsp3) is 0.714. The highest BCUT2D eigenvalue weighted by molar-refractivity contribution is 5.42. The van der Waals surface area contributed by atoms with E-state index in [9.17, 15) is 4.79 Å². The van der Waals surface area contributed by atoms with Crippen LogP contribution in [0.15, 0.2) is 17.1 Å². The first kappa shape index (κ1) is 16.7. The van der Waals surface area contributed by atoms with Gasteiger partial charge >= 0.3 is 0 Å². The van der Waals surface area contributed by atoms with Crippen molar-refractivity contribution in [2.75, 3.05) is 44.3 Å². The van der Waals surface area contributed by atoms with Crippen molar-refractivity contribution in [3.63, 3.8) is 0 Å². The summed E-state index contributed by atoms with van der Waals surface area (Å²) in [6, 6.07) is 1.65. The minimum atomic E-state index is -0.0546. The van der Waals surface area contributed by atoms with Crippen molar-refractivity contribution in [3.05, 3.63) is 22.6 Å². The van der Waals surface area contributed by atoms with Gasteiger partial charge in [-0.25, -0.2) is 4.68 Å². The van der Waals surface area contributed by atoms with Crippen LogP contribution in [0.5, 0.6) is 0 Å². The zero-order chi connectivity index (χ0) is 14.8. The third-order valence-corrected chi connectivity index (χ3v) is 3.11. The van der Waals surface area contributed by atoms with Gasteiger partial charge in [-0.2, -0.15) is 5.10 Å². The molecule has 0 bridgehead atoms. The molecule has 0 spiro atoms. The largest absolute Gasteiger partial charge is 0.380 e. The molecule has 1 N–H and O–H groups in total. The van der Waals surface area contributed by atoms with Crippen molar-refractivity contribution in [1.82, 2.24) is 15.1 Å². The molecule has 0 atom stereocenters. The fourth-order valence-electron chi connectivity index (χ4n) is 1.95. The zero-order valence-corrected chi connectivity index (χ0v) is 12.8. The van der Waals surface area contributed by atoms with E-state index in [1.807, 2.05) is 6.92 Å². The number of nitrogens with zero attached hydrogens (tertiary/aromatic N) is 3. The lowest BCUT2D eigenvalue weighted by atomic mass is 10.4. The number of anilines is 1. The van der Waals surface area contributed by atoms with Crippen molar-refractivity contribution in [1.29, 1.82) is 0 Å². The Morgan fingerprint density at radius 3 is 2.65 bits per heavy atom. The molecule has 20 heavy (non-hydrogen) atoms. The van der Waals surface area contributed by atoms with E-state index in [1.165, 1.54) is 4.68 Å². The minimum absolute atomic E-state index is 0.0546. The summed E-state index contributed by atoms with van der Waals surface area (Å²) in [5, 5.41) is 7.44. The van der Waals surface area contributed by atoms with Crippen LogP contribution in [-0.2, 0) is 11.3 Å². The average molecular weight is 282 g/mol. The Labute approximate surface area is 120 Å². The van der Waals surface area contributed by atoms with Crippen LogP contribution in [0.1, 0.15) is 20.8 Å². The van der Waals surface area contributed by atoms with Crippen molar-refractivity contribution < 1.29 is 4.74 Å². The Morgan fingerprint density at radius 1 is 1.30 bits per heavy atom. The van der Waals surface area contributed by atoms with Gasteiger partial charge in [0, 0.05) is 38.9 Å². The number of hydrogen-bond donors (Lipinski definition) is 1. The average Bonchev–Trinajstić information content (AvgIpc) is 2.46. The molecule has 1 heterocycles. The number of rotatable bonds is 10. The van der Waals surface area contributed by atoms with Gasteiger partial charge in [-0.3, -0.25) is 4.79 Å². The molecule has 0 radical (unpaired) electrons. The quantitative estimate of drug-likeness (QED) is 0.641. The van der Waals surface area contributed by atoms with Crippen molar-refractivity contribution in [3.8, 4) is 0 Å². The standard InChI is InChI=1S/C14H26N4O2/c1-4-17(5-2)13-11-14(19)18(16-12-13)9-7-15-8-10-20-6-3/h11-12,15H,4-10H2,1-3H3. The maximum absolute atomic E-state index is 12.0. The molecule has 0 aliphatic rings. The van der Waals surface area contributed by atoms with Crippen molar-refractivity contribution in [2.24, 2.45) is 0 Å². The molecule has 1 aromatic heterocycles. The maximum Gasteiger partial charge on any atom is 0.268 e. The smallest absolute Gasteiger partial charge is 0.268 e. The van der Waals surface area contributed by atoms with E-state index in [0.717, 1.165) is 31.9 Å². The number of nitrogens with one attached hydrogen (secondary N) is 1. The van der Waals surface area contributed by atoms with E-state index in [0.29, 0.717) is 19.7 Å². The molecule has 0 fully saturated rings. The van der Waals surface area contributed by atoms with Gasteiger partial charge in [-0.15, -0.1) is 0 Å². The van der Waals surface area contributed by atoms with E-state index >= 15 is 0 Å². The highest BCUT2D eigenvalue weighted by Gasteiger charge is 2.05. The van der Waals surface area contributed by atoms with Crippen molar-refractivity contribution >= 4 is 5.69 Å². The van der Waals surface area contributed by atoms with Crippen LogP contribution < -0.4 is 15.8 Å². The Bertz CT molecular complexity index is 429. The molecular formula is C14H26N4O2. The van der Waals surface area contributed by atoms with Crippen molar-refractivity contribution in [2.45, 2.75) is 27.3 Å². The number of ether oxygens (including phenoxy) is 1. The molecule has 6 heteroatoms. The second kappa shape index (κ2) is 9.50. The third kappa shape index (κ3) is 5.30. The summed E-state index contributed by atoms with van der Waals surface area (Å²) in [5.74, 6) is 0. The Balaban J connectivity index is 2.46. The minimum Gasteiger partial charge on any atom is -0.380 e.